The Balaban J connectivity index is 1.43. The van der Waals surface area contributed by atoms with Gasteiger partial charge in [0.15, 0.2) is 40.7 Å². The van der Waals surface area contributed by atoms with Crippen molar-refractivity contribution in [2.24, 2.45) is 0 Å². The number of halogens is 7. The maximum atomic E-state index is 16.1. The molecule has 9 aromatic rings. The molecular formula is C44H21F7. The quantitative estimate of drug-likeness (QED) is 0.0753. The summed E-state index contributed by atoms with van der Waals surface area (Å²) in [5.74, 6) is -15.0. The van der Waals surface area contributed by atoms with E-state index < -0.39 is 57.1 Å². The maximum absolute atomic E-state index is 16.1. The Bertz CT molecular complexity index is 2880. The first-order chi connectivity index (χ1) is 24.8. The molecule has 0 amide bonds. The lowest BCUT2D eigenvalue weighted by molar-refractivity contribution is 0.411. The van der Waals surface area contributed by atoms with Gasteiger partial charge >= 0.3 is 0 Å². The summed E-state index contributed by atoms with van der Waals surface area (Å²) in [5.41, 5.74) is 2.50. The Morgan fingerprint density at radius 3 is 1.22 bits per heavy atom. The highest BCUT2D eigenvalue weighted by atomic mass is 19.2. The second-order valence-electron chi connectivity index (χ2n) is 12.4. The van der Waals surface area contributed by atoms with Gasteiger partial charge in [-0.15, -0.1) is 0 Å². The molecule has 7 heteroatoms. The van der Waals surface area contributed by atoms with Gasteiger partial charge in [0.1, 0.15) is 0 Å². The van der Waals surface area contributed by atoms with E-state index in [1.807, 2.05) is 54.6 Å². The summed E-state index contributed by atoms with van der Waals surface area (Å²) in [6.07, 6.45) is 0. The molecule has 0 N–H and O–H groups in total. The Hall–Kier alpha value is -6.21. The average Bonchev–Trinajstić information content (AvgIpc) is 3.17. The van der Waals surface area contributed by atoms with Crippen LogP contribution in [0, 0.1) is 40.7 Å². The molecule has 0 fully saturated rings. The first kappa shape index (κ1) is 30.8. The lowest BCUT2D eigenvalue weighted by Crippen LogP contribution is -2.06. The predicted molar refractivity (Wildman–Crippen MR) is 190 cm³/mol. The molecule has 0 heterocycles. The van der Waals surface area contributed by atoms with Gasteiger partial charge in [0, 0.05) is 16.5 Å². The number of rotatable bonds is 3. The maximum Gasteiger partial charge on any atom is 0.198 e. The van der Waals surface area contributed by atoms with Crippen molar-refractivity contribution in [3.8, 4) is 33.4 Å². The minimum Gasteiger partial charge on any atom is -0.203 e. The normalized spacial score (nSPS) is 11.8. The molecule has 0 unspecified atom stereocenters. The molecule has 0 aliphatic heterocycles. The summed E-state index contributed by atoms with van der Waals surface area (Å²) < 4.78 is 106. The number of benzene rings is 9. The van der Waals surface area contributed by atoms with Gasteiger partial charge in [0.2, 0.25) is 0 Å². The Morgan fingerprint density at radius 1 is 0.235 bits per heavy atom. The number of hydrogen-bond donors (Lipinski definition) is 0. The van der Waals surface area contributed by atoms with Crippen LogP contribution >= 0.6 is 0 Å². The second kappa shape index (κ2) is 11.4. The molecular weight excluding hydrogens is 661 g/mol. The number of fused-ring (bicyclic) bond motifs is 5. The molecule has 9 rings (SSSR count). The molecule has 0 aliphatic rings. The highest BCUT2D eigenvalue weighted by Gasteiger charge is 2.33. The molecule has 0 radical (unpaired) electrons. The summed E-state index contributed by atoms with van der Waals surface area (Å²) in [6.45, 7) is 0. The molecule has 0 saturated heterocycles. The highest BCUT2D eigenvalue weighted by molar-refractivity contribution is 6.26. The largest absolute Gasteiger partial charge is 0.203 e. The zero-order valence-corrected chi connectivity index (χ0v) is 26.3. The topological polar surface area (TPSA) is 0 Å². The fourth-order valence-corrected chi connectivity index (χ4v) is 7.63. The highest BCUT2D eigenvalue weighted by Crippen LogP contribution is 2.50. The van der Waals surface area contributed by atoms with Crippen LogP contribution in [0.5, 0.6) is 0 Å². The van der Waals surface area contributed by atoms with Crippen molar-refractivity contribution in [2.75, 3.05) is 0 Å². The van der Waals surface area contributed by atoms with Crippen LogP contribution in [0.1, 0.15) is 0 Å². The summed E-state index contributed by atoms with van der Waals surface area (Å²) in [6, 6.07) is 39.6. The predicted octanol–water partition coefficient (Wildman–Crippen LogP) is 13.4. The van der Waals surface area contributed by atoms with Gasteiger partial charge in [0.05, 0.1) is 5.39 Å². The SMILES string of the molecule is Fc1c(F)c(F)c2c(-c3c4ccccc4c(-c4ccc(-c5cccc6ccccc56)c5ccccc45)c4ccccc34)c(F)c(F)c(F)c2c1F. The third-order valence-corrected chi connectivity index (χ3v) is 9.80. The van der Waals surface area contributed by atoms with Crippen molar-refractivity contribution in [1.82, 2.24) is 0 Å². The van der Waals surface area contributed by atoms with E-state index in [4.69, 9.17) is 0 Å². The molecule has 9 aromatic carbocycles. The molecule has 0 saturated carbocycles. The van der Waals surface area contributed by atoms with Gasteiger partial charge in [-0.2, -0.15) is 0 Å². The first-order valence-electron chi connectivity index (χ1n) is 16.0. The first-order valence-corrected chi connectivity index (χ1v) is 16.0. The molecule has 246 valence electrons. The van der Waals surface area contributed by atoms with Crippen LogP contribution < -0.4 is 0 Å². The van der Waals surface area contributed by atoms with Crippen molar-refractivity contribution in [3.05, 3.63) is 168 Å². The van der Waals surface area contributed by atoms with E-state index in [-0.39, 0.29) is 16.3 Å². The van der Waals surface area contributed by atoms with Crippen LogP contribution in [0.3, 0.4) is 0 Å². The van der Waals surface area contributed by atoms with Crippen molar-refractivity contribution >= 4 is 53.9 Å². The van der Waals surface area contributed by atoms with Gasteiger partial charge < -0.3 is 0 Å². The molecule has 51 heavy (non-hydrogen) atoms. The minimum absolute atomic E-state index is 0.132. The van der Waals surface area contributed by atoms with E-state index in [1.54, 1.807) is 48.5 Å². The fourth-order valence-electron chi connectivity index (χ4n) is 7.63. The van der Waals surface area contributed by atoms with Gasteiger partial charge in [-0.1, -0.05) is 127 Å². The van der Waals surface area contributed by atoms with Gasteiger partial charge in [-0.3, -0.25) is 0 Å². The Morgan fingerprint density at radius 2 is 0.627 bits per heavy atom. The lowest BCUT2D eigenvalue weighted by Gasteiger charge is -2.21. The second-order valence-corrected chi connectivity index (χ2v) is 12.4. The van der Waals surface area contributed by atoms with Crippen LogP contribution in [0.15, 0.2) is 127 Å². The van der Waals surface area contributed by atoms with Crippen LogP contribution in [-0.2, 0) is 0 Å². The summed E-state index contributed by atoms with van der Waals surface area (Å²) in [4.78, 5) is 0. The van der Waals surface area contributed by atoms with Crippen LogP contribution in [-0.4, -0.2) is 0 Å². The third kappa shape index (κ3) is 4.34. The van der Waals surface area contributed by atoms with Crippen LogP contribution in [0.4, 0.5) is 30.7 Å². The molecule has 0 aromatic heterocycles. The van der Waals surface area contributed by atoms with E-state index in [2.05, 4.69) is 24.3 Å². The zero-order chi connectivity index (χ0) is 35.1. The smallest absolute Gasteiger partial charge is 0.198 e. The van der Waals surface area contributed by atoms with Gasteiger partial charge in [-0.25, -0.2) is 30.7 Å². The van der Waals surface area contributed by atoms with E-state index in [0.29, 0.717) is 16.3 Å². The Kier molecular flexibility index (Phi) is 6.90. The Labute approximate surface area is 285 Å². The monoisotopic (exact) mass is 682 g/mol. The van der Waals surface area contributed by atoms with Gasteiger partial charge in [-0.05, 0) is 65.3 Å². The average molecular weight is 683 g/mol. The summed E-state index contributed by atoms with van der Waals surface area (Å²) in [7, 11) is 0. The number of hydrogen-bond acceptors (Lipinski definition) is 0. The molecule has 0 atom stereocenters. The zero-order valence-electron chi connectivity index (χ0n) is 26.3. The minimum atomic E-state index is -2.33. The van der Waals surface area contributed by atoms with Crippen molar-refractivity contribution in [3.63, 3.8) is 0 Å². The van der Waals surface area contributed by atoms with E-state index in [0.717, 1.165) is 38.2 Å². The standard InChI is InChI=1S/C44H21F7/c45-38-35(36-37(40(47)42(38)49)41(48)44(51)43(50)39(36)46)34-30-17-7-5-15-28(30)33(29-16-6-8-18-31(29)34)32-21-20-27(25-13-3-4-14-26(25)32)24-19-9-11-22-10-1-2-12-23(22)24/h1-21H. The van der Waals surface area contributed by atoms with Crippen molar-refractivity contribution in [2.45, 2.75) is 0 Å². The summed E-state index contributed by atoms with van der Waals surface area (Å²) in [5, 5.41) is 2.84. The van der Waals surface area contributed by atoms with Crippen LogP contribution in [0.2, 0.25) is 0 Å². The molecule has 0 nitrogen and oxygen atoms in total. The van der Waals surface area contributed by atoms with E-state index in [9.17, 15) is 8.78 Å². The van der Waals surface area contributed by atoms with E-state index >= 15 is 22.0 Å². The molecule has 0 bridgehead atoms. The summed E-state index contributed by atoms with van der Waals surface area (Å²) >= 11 is 0. The van der Waals surface area contributed by atoms with E-state index in [1.165, 1.54) is 0 Å². The molecule has 0 aliphatic carbocycles. The van der Waals surface area contributed by atoms with Gasteiger partial charge in [0.25, 0.3) is 0 Å². The van der Waals surface area contributed by atoms with Crippen molar-refractivity contribution < 1.29 is 30.7 Å². The lowest BCUT2D eigenvalue weighted by atomic mass is 9.82. The third-order valence-electron chi connectivity index (χ3n) is 9.80. The molecule has 0 spiro atoms. The fraction of sp³-hybridized carbons (Fsp3) is 0. The van der Waals surface area contributed by atoms with Crippen LogP contribution in [0.25, 0.3) is 87.2 Å². The van der Waals surface area contributed by atoms with Crippen molar-refractivity contribution in [1.29, 1.82) is 0 Å².